The van der Waals surface area contributed by atoms with Crippen molar-refractivity contribution in [2.45, 2.75) is 26.4 Å². The monoisotopic (exact) mass is 297 g/mol. The van der Waals surface area contributed by atoms with Crippen molar-refractivity contribution in [3.8, 4) is 5.75 Å². The lowest BCUT2D eigenvalue weighted by molar-refractivity contribution is -0.384. The molecule has 0 atom stereocenters. The van der Waals surface area contributed by atoms with Crippen LogP contribution in [0.15, 0.2) is 18.2 Å². The molecule has 1 aromatic carbocycles. The minimum absolute atomic E-state index is 0.0804. The number of amides is 1. The van der Waals surface area contributed by atoms with E-state index in [1.165, 1.54) is 18.2 Å². The fourth-order valence-electron chi connectivity index (χ4n) is 1.50. The van der Waals surface area contributed by atoms with Crippen molar-refractivity contribution < 1.29 is 19.6 Å². The van der Waals surface area contributed by atoms with Gasteiger partial charge in [0.1, 0.15) is 17.0 Å². The molecule has 0 fully saturated rings. The van der Waals surface area contributed by atoms with E-state index in [0.29, 0.717) is 0 Å². The number of aromatic hydroxyl groups is 1. The number of nitrogens with zero attached hydrogens (tertiary/aromatic N) is 1. The fraction of sp³-hybridized carbons (Fsp3) is 0.462. The molecular formula is C13H19N3O5. The molecule has 0 aliphatic heterocycles. The van der Waals surface area contributed by atoms with Crippen LogP contribution in [-0.2, 0) is 4.74 Å². The van der Waals surface area contributed by atoms with Crippen molar-refractivity contribution >= 4 is 17.5 Å². The molecule has 0 unspecified atom stereocenters. The van der Waals surface area contributed by atoms with Crippen molar-refractivity contribution in [3.63, 3.8) is 0 Å². The van der Waals surface area contributed by atoms with E-state index in [4.69, 9.17) is 4.74 Å². The van der Waals surface area contributed by atoms with Crippen LogP contribution in [0.25, 0.3) is 0 Å². The lowest BCUT2D eigenvalue weighted by Crippen LogP contribution is -2.35. The third-order valence-electron chi connectivity index (χ3n) is 2.29. The maximum absolute atomic E-state index is 11.4. The highest BCUT2D eigenvalue weighted by atomic mass is 16.6. The Labute approximate surface area is 122 Å². The standard InChI is InChI=1S/C13H19N3O5/c1-13(2,3)21-12(18)15-7-6-14-10-8-9(17)4-5-11(10)16(19)20/h4-5,8,14,17H,6-7H2,1-3H3,(H,15,18). The highest BCUT2D eigenvalue weighted by Gasteiger charge is 2.16. The highest BCUT2D eigenvalue weighted by Crippen LogP contribution is 2.27. The van der Waals surface area contributed by atoms with Crippen LogP contribution < -0.4 is 10.6 Å². The van der Waals surface area contributed by atoms with Gasteiger partial charge < -0.3 is 20.5 Å². The first-order valence-electron chi connectivity index (χ1n) is 6.37. The Balaban J connectivity index is 2.48. The van der Waals surface area contributed by atoms with Crippen LogP contribution >= 0.6 is 0 Å². The van der Waals surface area contributed by atoms with Gasteiger partial charge in [-0.05, 0) is 26.8 Å². The van der Waals surface area contributed by atoms with Crippen LogP contribution in [0.4, 0.5) is 16.2 Å². The lowest BCUT2D eigenvalue weighted by atomic mass is 10.2. The number of carbonyl (C=O) groups excluding carboxylic acids is 1. The Bertz CT molecular complexity index is 525. The minimum Gasteiger partial charge on any atom is -0.508 e. The van der Waals surface area contributed by atoms with Crippen LogP contribution in [0.1, 0.15) is 20.8 Å². The molecule has 1 amide bonds. The summed E-state index contributed by atoms with van der Waals surface area (Å²) in [5, 5.41) is 25.5. The number of carbonyl (C=O) groups is 1. The topological polar surface area (TPSA) is 114 Å². The summed E-state index contributed by atoms with van der Waals surface area (Å²) in [5.74, 6) is -0.0804. The normalized spacial score (nSPS) is 10.8. The Morgan fingerprint density at radius 3 is 2.62 bits per heavy atom. The number of nitrogens with one attached hydrogen (secondary N) is 2. The molecule has 0 saturated carbocycles. The van der Waals surface area contributed by atoms with Gasteiger partial charge in [-0.2, -0.15) is 0 Å². The van der Waals surface area contributed by atoms with Gasteiger partial charge in [0.15, 0.2) is 0 Å². The first kappa shape index (κ1) is 16.5. The molecule has 0 saturated heterocycles. The molecule has 1 rings (SSSR count). The largest absolute Gasteiger partial charge is 0.508 e. The van der Waals surface area contributed by atoms with E-state index in [-0.39, 0.29) is 30.2 Å². The van der Waals surface area contributed by atoms with Gasteiger partial charge in [-0.3, -0.25) is 10.1 Å². The van der Waals surface area contributed by atoms with Gasteiger partial charge in [0, 0.05) is 25.2 Å². The Hall–Kier alpha value is -2.51. The summed E-state index contributed by atoms with van der Waals surface area (Å²) in [7, 11) is 0. The van der Waals surface area contributed by atoms with E-state index in [1.807, 2.05) is 0 Å². The summed E-state index contributed by atoms with van der Waals surface area (Å²) in [5.41, 5.74) is -0.544. The third-order valence-corrected chi connectivity index (χ3v) is 2.29. The van der Waals surface area contributed by atoms with E-state index in [1.54, 1.807) is 20.8 Å². The second-order valence-corrected chi connectivity index (χ2v) is 5.31. The molecule has 116 valence electrons. The first-order valence-corrected chi connectivity index (χ1v) is 6.37. The highest BCUT2D eigenvalue weighted by molar-refractivity contribution is 5.68. The Kier molecular flexibility index (Phi) is 5.34. The predicted octanol–water partition coefficient (Wildman–Crippen LogP) is 2.24. The Morgan fingerprint density at radius 2 is 2.05 bits per heavy atom. The summed E-state index contributed by atoms with van der Waals surface area (Å²) < 4.78 is 5.05. The number of benzene rings is 1. The van der Waals surface area contributed by atoms with Gasteiger partial charge >= 0.3 is 6.09 Å². The van der Waals surface area contributed by atoms with Crippen LogP contribution in [0.2, 0.25) is 0 Å². The second kappa shape index (κ2) is 6.78. The molecule has 8 nitrogen and oxygen atoms in total. The molecular weight excluding hydrogens is 278 g/mol. The van der Waals surface area contributed by atoms with Gasteiger partial charge in [0.25, 0.3) is 5.69 Å². The quantitative estimate of drug-likeness (QED) is 0.436. The summed E-state index contributed by atoms with van der Waals surface area (Å²) in [6.07, 6.45) is -0.560. The van der Waals surface area contributed by atoms with Crippen molar-refractivity contribution in [2.75, 3.05) is 18.4 Å². The molecule has 0 bridgehead atoms. The molecule has 3 N–H and O–H groups in total. The molecule has 21 heavy (non-hydrogen) atoms. The Morgan fingerprint density at radius 1 is 1.38 bits per heavy atom. The van der Waals surface area contributed by atoms with Crippen LogP contribution in [-0.4, -0.2) is 34.8 Å². The molecule has 8 heteroatoms. The van der Waals surface area contributed by atoms with Crippen molar-refractivity contribution in [1.82, 2.24) is 5.32 Å². The van der Waals surface area contributed by atoms with Crippen LogP contribution in [0.3, 0.4) is 0 Å². The second-order valence-electron chi connectivity index (χ2n) is 5.31. The summed E-state index contributed by atoms with van der Waals surface area (Å²) in [6, 6.07) is 3.70. The number of anilines is 1. The molecule has 0 spiro atoms. The van der Waals surface area contributed by atoms with E-state index < -0.39 is 16.6 Å². The van der Waals surface area contributed by atoms with Crippen LogP contribution in [0.5, 0.6) is 5.75 Å². The number of hydrogen-bond donors (Lipinski definition) is 3. The smallest absolute Gasteiger partial charge is 0.407 e. The number of hydrogen-bond acceptors (Lipinski definition) is 6. The SMILES string of the molecule is CC(C)(C)OC(=O)NCCNc1cc(O)ccc1[N+](=O)[O-]. The number of alkyl carbamates (subject to hydrolysis) is 1. The van der Waals surface area contributed by atoms with Gasteiger partial charge in [0.05, 0.1) is 4.92 Å². The zero-order valence-electron chi connectivity index (χ0n) is 12.2. The fourth-order valence-corrected chi connectivity index (χ4v) is 1.50. The zero-order chi connectivity index (χ0) is 16.0. The van der Waals surface area contributed by atoms with E-state index in [9.17, 15) is 20.0 Å². The predicted molar refractivity (Wildman–Crippen MR) is 77.5 cm³/mol. The van der Waals surface area contributed by atoms with Gasteiger partial charge in [-0.1, -0.05) is 0 Å². The minimum atomic E-state index is -0.582. The van der Waals surface area contributed by atoms with Gasteiger partial charge in [-0.25, -0.2) is 4.79 Å². The molecule has 0 aromatic heterocycles. The summed E-state index contributed by atoms with van der Waals surface area (Å²) in [6.45, 7) is 5.73. The molecule has 1 aromatic rings. The molecule has 0 aliphatic rings. The van der Waals surface area contributed by atoms with E-state index >= 15 is 0 Å². The number of rotatable bonds is 5. The summed E-state index contributed by atoms with van der Waals surface area (Å²) >= 11 is 0. The number of nitro benzene ring substituents is 1. The van der Waals surface area contributed by atoms with E-state index in [0.717, 1.165) is 0 Å². The van der Waals surface area contributed by atoms with Crippen molar-refractivity contribution in [1.29, 1.82) is 0 Å². The lowest BCUT2D eigenvalue weighted by Gasteiger charge is -2.19. The zero-order valence-corrected chi connectivity index (χ0v) is 12.2. The first-order chi connectivity index (χ1) is 9.69. The molecule has 0 radical (unpaired) electrons. The van der Waals surface area contributed by atoms with Crippen molar-refractivity contribution in [3.05, 3.63) is 28.3 Å². The maximum Gasteiger partial charge on any atom is 0.407 e. The molecule has 0 heterocycles. The van der Waals surface area contributed by atoms with E-state index in [2.05, 4.69) is 10.6 Å². The average molecular weight is 297 g/mol. The van der Waals surface area contributed by atoms with Crippen LogP contribution in [0, 0.1) is 10.1 Å². The van der Waals surface area contributed by atoms with Gasteiger partial charge in [-0.15, -0.1) is 0 Å². The van der Waals surface area contributed by atoms with Crippen molar-refractivity contribution in [2.24, 2.45) is 0 Å². The average Bonchev–Trinajstić information content (AvgIpc) is 2.32. The number of nitro groups is 1. The van der Waals surface area contributed by atoms with Gasteiger partial charge in [0.2, 0.25) is 0 Å². The third kappa shape index (κ3) is 5.98. The maximum atomic E-state index is 11.4. The number of phenolic OH excluding ortho intramolecular Hbond substituents is 1. The summed E-state index contributed by atoms with van der Waals surface area (Å²) in [4.78, 5) is 21.7. The number of ether oxygens (including phenoxy) is 1. The molecule has 0 aliphatic carbocycles. The number of phenols is 1.